The Hall–Kier alpha value is -3.07. The molecule has 2 aromatic heterocycles. The Morgan fingerprint density at radius 1 is 1.25 bits per heavy atom. The molecule has 8 nitrogen and oxygen atoms in total. The number of rotatable bonds is 7. The first-order valence-corrected chi connectivity index (χ1v) is 9.78. The Bertz CT molecular complexity index is 949. The van der Waals surface area contributed by atoms with E-state index >= 15 is 0 Å². The second-order valence-electron chi connectivity index (χ2n) is 6.40. The lowest BCUT2D eigenvalue weighted by atomic mass is 9.98. The smallest absolute Gasteiger partial charge is 0.341 e. The van der Waals surface area contributed by atoms with Crippen LogP contribution in [0.2, 0.25) is 0 Å². The SMILES string of the molecule is CCOC(=O)c1c(-c2ccc(C(C)C)cc2)csc1NC(=O)Cc1nn[nH]n1. The topological polar surface area (TPSA) is 110 Å². The normalized spacial score (nSPS) is 10.9. The molecule has 1 amide bonds. The van der Waals surface area contributed by atoms with Gasteiger partial charge in [-0.3, -0.25) is 4.79 Å². The van der Waals surface area contributed by atoms with Crippen LogP contribution in [0.4, 0.5) is 5.00 Å². The van der Waals surface area contributed by atoms with Crippen LogP contribution in [0.5, 0.6) is 0 Å². The molecule has 0 radical (unpaired) electrons. The van der Waals surface area contributed by atoms with Gasteiger partial charge in [0.25, 0.3) is 0 Å². The number of amides is 1. The molecule has 3 rings (SSSR count). The van der Waals surface area contributed by atoms with Crippen LogP contribution < -0.4 is 5.32 Å². The average molecular weight is 399 g/mol. The van der Waals surface area contributed by atoms with Gasteiger partial charge >= 0.3 is 5.97 Å². The van der Waals surface area contributed by atoms with E-state index in [1.54, 1.807) is 6.92 Å². The maximum absolute atomic E-state index is 12.6. The van der Waals surface area contributed by atoms with E-state index in [9.17, 15) is 9.59 Å². The molecule has 2 N–H and O–H groups in total. The summed E-state index contributed by atoms with van der Waals surface area (Å²) >= 11 is 1.28. The van der Waals surface area contributed by atoms with Crippen LogP contribution in [0.1, 0.15) is 48.4 Å². The first kappa shape index (κ1) is 19.7. The van der Waals surface area contributed by atoms with E-state index in [-0.39, 0.29) is 24.8 Å². The van der Waals surface area contributed by atoms with Crippen molar-refractivity contribution < 1.29 is 14.3 Å². The number of aromatic nitrogens is 4. The summed E-state index contributed by atoms with van der Waals surface area (Å²) in [6.07, 6.45) is -0.0465. The molecule has 0 saturated carbocycles. The zero-order valence-corrected chi connectivity index (χ0v) is 16.7. The largest absolute Gasteiger partial charge is 0.462 e. The fourth-order valence-electron chi connectivity index (χ4n) is 2.69. The van der Waals surface area contributed by atoms with Gasteiger partial charge in [-0.05, 0) is 24.0 Å². The number of carbonyl (C=O) groups excluding carboxylic acids is 2. The molecule has 0 aliphatic heterocycles. The monoisotopic (exact) mass is 399 g/mol. The first-order chi connectivity index (χ1) is 13.5. The highest BCUT2D eigenvalue weighted by atomic mass is 32.1. The van der Waals surface area contributed by atoms with Crippen molar-refractivity contribution in [1.82, 2.24) is 20.6 Å². The fourth-order valence-corrected chi connectivity index (χ4v) is 3.66. The van der Waals surface area contributed by atoms with E-state index in [1.807, 2.05) is 29.6 Å². The number of nitrogens with one attached hydrogen (secondary N) is 2. The third kappa shape index (κ3) is 4.42. The average Bonchev–Trinajstić information content (AvgIpc) is 3.32. The van der Waals surface area contributed by atoms with E-state index in [0.717, 1.165) is 11.1 Å². The van der Waals surface area contributed by atoms with Crippen LogP contribution in [-0.4, -0.2) is 39.1 Å². The number of benzene rings is 1. The van der Waals surface area contributed by atoms with Crippen LogP contribution in [-0.2, 0) is 16.0 Å². The van der Waals surface area contributed by atoms with Crippen molar-refractivity contribution in [3.05, 3.63) is 46.6 Å². The van der Waals surface area contributed by atoms with Gasteiger partial charge in [0.1, 0.15) is 10.6 Å². The lowest BCUT2D eigenvalue weighted by molar-refractivity contribution is -0.115. The van der Waals surface area contributed by atoms with Crippen LogP contribution in [0.15, 0.2) is 29.6 Å². The van der Waals surface area contributed by atoms with E-state index < -0.39 is 5.97 Å². The highest BCUT2D eigenvalue weighted by Gasteiger charge is 2.23. The molecule has 146 valence electrons. The number of H-pyrrole nitrogens is 1. The molecule has 0 fully saturated rings. The number of thiophene rings is 1. The van der Waals surface area contributed by atoms with Crippen molar-refractivity contribution >= 4 is 28.2 Å². The van der Waals surface area contributed by atoms with E-state index in [2.05, 4.69) is 39.8 Å². The van der Waals surface area contributed by atoms with Gasteiger partial charge in [-0.1, -0.05) is 43.3 Å². The zero-order chi connectivity index (χ0) is 20.1. The number of hydrogen-bond acceptors (Lipinski definition) is 7. The number of anilines is 1. The maximum atomic E-state index is 12.6. The van der Waals surface area contributed by atoms with E-state index in [0.29, 0.717) is 16.5 Å². The predicted octanol–water partition coefficient (Wildman–Crippen LogP) is 3.41. The molecule has 28 heavy (non-hydrogen) atoms. The van der Waals surface area contributed by atoms with E-state index in [1.165, 1.54) is 16.9 Å². The van der Waals surface area contributed by atoms with Crippen molar-refractivity contribution in [3.63, 3.8) is 0 Å². The van der Waals surface area contributed by atoms with Gasteiger partial charge in [-0.2, -0.15) is 5.21 Å². The number of nitrogens with zero attached hydrogens (tertiary/aromatic N) is 3. The molecule has 2 heterocycles. The van der Waals surface area contributed by atoms with Crippen LogP contribution in [0, 0.1) is 0 Å². The fraction of sp³-hybridized carbons (Fsp3) is 0.316. The number of esters is 1. The highest BCUT2D eigenvalue weighted by Crippen LogP contribution is 2.36. The summed E-state index contributed by atoms with van der Waals surface area (Å²) in [5.74, 6) is -0.116. The van der Waals surface area contributed by atoms with Gasteiger partial charge in [0, 0.05) is 10.9 Å². The quantitative estimate of drug-likeness (QED) is 0.589. The summed E-state index contributed by atoms with van der Waals surface area (Å²) in [7, 11) is 0. The molecule has 1 aromatic carbocycles. The third-order valence-corrected chi connectivity index (χ3v) is 5.02. The summed E-state index contributed by atoms with van der Waals surface area (Å²) in [5.41, 5.74) is 3.19. The molecular weight excluding hydrogens is 378 g/mol. The second-order valence-corrected chi connectivity index (χ2v) is 7.28. The van der Waals surface area contributed by atoms with Crippen LogP contribution in [0.3, 0.4) is 0 Å². The van der Waals surface area contributed by atoms with Gasteiger partial charge in [0.05, 0.1) is 13.0 Å². The molecule has 0 saturated heterocycles. The van der Waals surface area contributed by atoms with Crippen molar-refractivity contribution in [1.29, 1.82) is 0 Å². The lowest BCUT2D eigenvalue weighted by Gasteiger charge is -2.10. The number of carbonyl (C=O) groups is 2. The Morgan fingerprint density at radius 3 is 2.61 bits per heavy atom. The standard InChI is InChI=1S/C19H21N5O3S/c1-4-27-19(26)17-14(13-7-5-12(6-8-13)11(2)3)10-28-18(17)20-16(25)9-15-21-23-24-22-15/h5-8,10-11H,4,9H2,1-3H3,(H,20,25)(H,21,22,23,24). The Morgan fingerprint density at radius 2 is 2.00 bits per heavy atom. The molecular formula is C19H21N5O3S. The highest BCUT2D eigenvalue weighted by molar-refractivity contribution is 7.15. The molecule has 0 spiro atoms. The Balaban J connectivity index is 1.90. The minimum Gasteiger partial charge on any atom is -0.462 e. The van der Waals surface area contributed by atoms with Crippen molar-refractivity contribution in [2.45, 2.75) is 33.1 Å². The summed E-state index contributed by atoms with van der Waals surface area (Å²) in [4.78, 5) is 24.9. The molecule has 0 bridgehead atoms. The zero-order valence-electron chi connectivity index (χ0n) is 15.9. The first-order valence-electron chi connectivity index (χ1n) is 8.90. The van der Waals surface area contributed by atoms with Crippen LogP contribution >= 0.6 is 11.3 Å². The summed E-state index contributed by atoms with van der Waals surface area (Å²) < 4.78 is 5.22. The van der Waals surface area contributed by atoms with Crippen LogP contribution in [0.25, 0.3) is 11.1 Å². The molecule has 0 aliphatic carbocycles. The Labute approximate surface area is 166 Å². The van der Waals surface area contributed by atoms with Gasteiger partial charge in [-0.15, -0.1) is 21.5 Å². The summed E-state index contributed by atoms with van der Waals surface area (Å²) in [5, 5.41) is 18.3. The van der Waals surface area contributed by atoms with Gasteiger partial charge in [-0.25, -0.2) is 4.79 Å². The van der Waals surface area contributed by atoms with Crippen molar-refractivity contribution in [2.75, 3.05) is 11.9 Å². The molecule has 3 aromatic rings. The summed E-state index contributed by atoms with van der Waals surface area (Å²) in [6.45, 7) is 6.24. The predicted molar refractivity (Wildman–Crippen MR) is 106 cm³/mol. The Kier molecular flexibility index (Phi) is 6.15. The molecule has 0 unspecified atom stereocenters. The van der Waals surface area contributed by atoms with Gasteiger partial charge in [0.15, 0.2) is 5.82 Å². The maximum Gasteiger partial charge on any atom is 0.341 e. The minimum absolute atomic E-state index is 0.0465. The van der Waals surface area contributed by atoms with Crippen molar-refractivity contribution in [3.8, 4) is 11.1 Å². The van der Waals surface area contributed by atoms with E-state index in [4.69, 9.17) is 4.74 Å². The second kappa shape index (κ2) is 8.75. The number of tetrazole rings is 1. The summed E-state index contributed by atoms with van der Waals surface area (Å²) in [6, 6.07) is 8.04. The minimum atomic E-state index is -0.471. The van der Waals surface area contributed by atoms with Crippen molar-refractivity contribution in [2.24, 2.45) is 0 Å². The van der Waals surface area contributed by atoms with Gasteiger partial charge < -0.3 is 10.1 Å². The number of hydrogen-bond donors (Lipinski definition) is 2. The lowest BCUT2D eigenvalue weighted by Crippen LogP contribution is -2.17. The third-order valence-electron chi connectivity index (χ3n) is 4.12. The van der Waals surface area contributed by atoms with Gasteiger partial charge in [0.2, 0.25) is 5.91 Å². The number of ether oxygens (including phenoxy) is 1. The molecule has 0 aliphatic rings. The molecule has 0 atom stereocenters. The number of aromatic amines is 1. The molecule has 9 heteroatoms.